The Morgan fingerprint density at radius 1 is 1.03 bits per heavy atom. The Morgan fingerprint density at radius 3 is 2.46 bits per heavy atom. The first kappa shape index (κ1) is 25.2. The Labute approximate surface area is 216 Å². The monoisotopic (exact) mass is 560 g/mol. The Balaban J connectivity index is 1.17. The number of piperazine rings is 1. The predicted molar refractivity (Wildman–Crippen MR) is 138 cm³/mol. The number of hydrogen-bond donors (Lipinski definition) is 3. The SMILES string of the molecule is O=C(NCCN1CCN(Cc2ccccc2)CC1)Oc1n[nH]c(NC(=O)c2ccccc2Cl)c1Br. The van der Waals surface area contributed by atoms with Crippen LogP contribution in [0.5, 0.6) is 5.88 Å². The quantitative estimate of drug-likeness (QED) is 0.384. The van der Waals surface area contributed by atoms with E-state index in [2.05, 4.69) is 70.8 Å². The number of H-pyrrole nitrogens is 1. The number of ether oxygens (including phenoxy) is 1. The number of carbonyl (C=O) groups excluding carboxylic acids is 2. The van der Waals surface area contributed by atoms with Gasteiger partial charge in [-0.15, -0.1) is 5.10 Å². The van der Waals surface area contributed by atoms with Crippen LogP contribution in [-0.2, 0) is 6.54 Å². The van der Waals surface area contributed by atoms with Gasteiger partial charge in [0.1, 0.15) is 10.3 Å². The summed E-state index contributed by atoms with van der Waals surface area (Å²) in [6.45, 7) is 6.01. The summed E-state index contributed by atoms with van der Waals surface area (Å²) in [6.07, 6.45) is -0.621. The molecule has 1 saturated heterocycles. The van der Waals surface area contributed by atoms with Crippen LogP contribution in [0.1, 0.15) is 15.9 Å². The largest absolute Gasteiger partial charge is 0.414 e. The first-order valence-electron chi connectivity index (χ1n) is 11.2. The van der Waals surface area contributed by atoms with Gasteiger partial charge in [0.25, 0.3) is 11.8 Å². The molecular weight excluding hydrogens is 536 g/mol. The molecule has 0 saturated carbocycles. The molecule has 0 aliphatic carbocycles. The summed E-state index contributed by atoms with van der Waals surface area (Å²) in [5, 5.41) is 12.3. The van der Waals surface area contributed by atoms with Gasteiger partial charge in [0.2, 0.25) is 0 Å². The van der Waals surface area contributed by atoms with Gasteiger partial charge in [0.05, 0.1) is 10.6 Å². The van der Waals surface area contributed by atoms with Crippen molar-refractivity contribution in [2.75, 3.05) is 44.6 Å². The summed E-state index contributed by atoms with van der Waals surface area (Å²) in [7, 11) is 0. The molecule has 1 aliphatic heterocycles. The third-order valence-corrected chi connectivity index (χ3v) is 6.70. The number of aromatic amines is 1. The number of carbonyl (C=O) groups is 2. The molecule has 3 N–H and O–H groups in total. The lowest BCUT2D eigenvalue weighted by Gasteiger charge is -2.34. The van der Waals surface area contributed by atoms with Gasteiger partial charge >= 0.3 is 6.09 Å². The molecule has 1 aromatic heterocycles. The lowest BCUT2D eigenvalue weighted by molar-refractivity contribution is 0.102. The molecule has 1 fully saturated rings. The highest BCUT2D eigenvalue weighted by atomic mass is 79.9. The molecule has 184 valence electrons. The van der Waals surface area contributed by atoms with Crippen LogP contribution in [0.4, 0.5) is 10.6 Å². The Morgan fingerprint density at radius 2 is 1.71 bits per heavy atom. The summed E-state index contributed by atoms with van der Waals surface area (Å²) in [5.74, 6) is -0.141. The van der Waals surface area contributed by atoms with Crippen molar-refractivity contribution in [1.82, 2.24) is 25.3 Å². The van der Waals surface area contributed by atoms with E-state index in [1.807, 2.05) is 6.07 Å². The minimum Gasteiger partial charge on any atom is -0.388 e. The average Bonchev–Trinajstić information content (AvgIpc) is 3.19. The van der Waals surface area contributed by atoms with Crippen LogP contribution in [0.25, 0.3) is 0 Å². The molecule has 35 heavy (non-hydrogen) atoms. The van der Waals surface area contributed by atoms with Gasteiger partial charge in [-0.05, 0) is 33.6 Å². The smallest absolute Gasteiger partial charge is 0.388 e. The van der Waals surface area contributed by atoms with E-state index in [4.69, 9.17) is 16.3 Å². The topological polar surface area (TPSA) is 103 Å². The lowest BCUT2D eigenvalue weighted by atomic mass is 10.2. The number of rotatable bonds is 8. The molecule has 4 rings (SSSR count). The van der Waals surface area contributed by atoms with Crippen molar-refractivity contribution >= 4 is 45.3 Å². The molecule has 0 radical (unpaired) electrons. The van der Waals surface area contributed by atoms with Gasteiger partial charge in [0, 0.05) is 45.8 Å². The molecule has 0 unspecified atom stereocenters. The molecule has 0 spiro atoms. The van der Waals surface area contributed by atoms with Crippen molar-refractivity contribution in [1.29, 1.82) is 0 Å². The molecule has 1 aliphatic rings. The van der Waals surface area contributed by atoms with Crippen molar-refractivity contribution in [2.45, 2.75) is 6.54 Å². The van der Waals surface area contributed by atoms with Gasteiger partial charge < -0.3 is 15.4 Å². The standard InChI is InChI=1S/C24H26BrClN6O3/c25-20-21(28-22(33)18-8-4-5-9-19(18)26)29-30-23(20)35-24(34)27-10-11-31-12-14-32(15-13-31)16-17-6-2-1-3-7-17/h1-9H,10-16H2,(H,27,34)(H2,28,29,30,33). The number of nitrogens with one attached hydrogen (secondary N) is 3. The number of hydrogen-bond acceptors (Lipinski definition) is 6. The van der Waals surface area contributed by atoms with E-state index < -0.39 is 12.0 Å². The van der Waals surface area contributed by atoms with E-state index >= 15 is 0 Å². The highest BCUT2D eigenvalue weighted by Gasteiger charge is 2.20. The van der Waals surface area contributed by atoms with E-state index in [-0.39, 0.29) is 11.7 Å². The van der Waals surface area contributed by atoms with Gasteiger partial charge in [-0.1, -0.05) is 54.1 Å². The predicted octanol–water partition coefficient (Wildman–Crippen LogP) is 3.98. The fourth-order valence-corrected chi connectivity index (χ4v) is 4.32. The molecule has 9 nitrogen and oxygen atoms in total. The van der Waals surface area contributed by atoms with Gasteiger partial charge in [0.15, 0.2) is 0 Å². The first-order valence-corrected chi connectivity index (χ1v) is 12.4. The summed E-state index contributed by atoms with van der Waals surface area (Å²) < 4.78 is 5.59. The third kappa shape index (κ3) is 7.04. The lowest BCUT2D eigenvalue weighted by Crippen LogP contribution is -2.48. The maximum Gasteiger partial charge on any atom is 0.414 e. The average molecular weight is 562 g/mol. The van der Waals surface area contributed by atoms with Crippen molar-refractivity contribution in [2.24, 2.45) is 0 Å². The minimum atomic E-state index is -0.621. The zero-order chi connectivity index (χ0) is 24.6. The van der Waals surface area contributed by atoms with E-state index in [1.54, 1.807) is 24.3 Å². The first-order chi connectivity index (χ1) is 17.0. The van der Waals surface area contributed by atoms with Crippen molar-refractivity contribution in [3.8, 4) is 5.88 Å². The highest BCUT2D eigenvalue weighted by Crippen LogP contribution is 2.30. The summed E-state index contributed by atoms with van der Waals surface area (Å²) in [6, 6.07) is 17.1. The van der Waals surface area contributed by atoms with E-state index in [1.165, 1.54) is 5.56 Å². The summed E-state index contributed by atoms with van der Waals surface area (Å²) in [4.78, 5) is 29.4. The van der Waals surface area contributed by atoms with Gasteiger partial charge in [-0.2, -0.15) is 0 Å². The zero-order valence-electron chi connectivity index (χ0n) is 19.0. The normalized spacial score (nSPS) is 14.5. The number of benzene rings is 2. The number of aromatic nitrogens is 2. The third-order valence-electron chi connectivity index (χ3n) is 5.63. The molecule has 11 heteroatoms. The second-order valence-corrected chi connectivity index (χ2v) is 9.27. The molecule has 2 heterocycles. The fourth-order valence-electron chi connectivity index (χ4n) is 3.74. The maximum atomic E-state index is 12.4. The number of nitrogens with zero attached hydrogens (tertiary/aromatic N) is 3. The Kier molecular flexibility index (Phi) is 8.75. The van der Waals surface area contributed by atoms with Crippen molar-refractivity contribution < 1.29 is 14.3 Å². The van der Waals surface area contributed by atoms with Crippen molar-refractivity contribution in [3.63, 3.8) is 0 Å². The molecular formula is C24H26BrClN6O3. The van der Waals surface area contributed by atoms with Crippen LogP contribution in [-0.4, -0.2) is 71.3 Å². The zero-order valence-corrected chi connectivity index (χ0v) is 21.3. The minimum absolute atomic E-state index is 0.0199. The van der Waals surface area contributed by atoms with Crippen molar-refractivity contribution in [3.05, 3.63) is 75.2 Å². The number of halogens is 2. The van der Waals surface area contributed by atoms with Crippen LogP contribution in [0.15, 0.2) is 59.1 Å². The Hall–Kier alpha value is -2.92. The molecule has 2 amide bonds. The fraction of sp³-hybridized carbons (Fsp3) is 0.292. The second-order valence-electron chi connectivity index (χ2n) is 8.07. The van der Waals surface area contributed by atoms with E-state index in [0.717, 1.165) is 39.3 Å². The van der Waals surface area contributed by atoms with E-state index in [0.29, 0.717) is 21.6 Å². The van der Waals surface area contributed by atoms with Gasteiger partial charge in [-0.3, -0.25) is 19.7 Å². The number of amides is 2. The number of anilines is 1. The second kappa shape index (κ2) is 12.2. The molecule has 3 aromatic rings. The van der Waals surface area contributed by atoms with Crippen LogP contribution in [0, 0.1) is 0 Å². The Bertz CT molecular complexity index is 1150. The van der Waals surface area contributed by atoms with Gasteiger partial charge in [-0.25, -0.2) is 4.79 Å². The maximum absolute atomic E-state index is 12.4. The van der Waals surface area contributed by atoms with Crippen LogP contribution in [0.2, 0.25) is 5.02 Å². The van der Waals surface area contributed by atoms with Crippen LogP contribution >= 0.6 is 27.5 Å². The summed E-state index contributed by atoms with van der Waals surface area (Å²) >= 11 is 9.36. The molecule has 0 bridgehead atoms. The highest BCUT2D eigenvalue weighted by molar-refractivity contribution is 9.10. The van der Waals surface area contributed by atoms with Crippen LogP contribution < -0.4 is 15.4 Å². The molecule has 0 atom stereocenters. The van der Waals surface area contributed by atoms with E-state index in [9.17, 15) is 9.59 Å². The summed E-state index contributed by atoms with van der Waals surface area (Å²) in [5.41, 5.74) is 1.64. The van der Waals surface area contributed by atoms with Crippen LogP contribution in [0.3, 0.4) is 0 Å². The molecule has 2 aromatic carbocycles.